The summed E-state index contributed by atoms with van der Waals surface area (Å²) in [6, 6.07) is 3.40. The zero-order valence-electron chi connectivity index (χ0n) is 6.26. The molecular formula is C8H3BrCl2N2. The Kier molecular flexibility index (Phi) is 2.41. The zero-order valence-corrected chi connectivity index (χ0v) is 9.36. The molecule has 0 bridgehead atoms. The first-order valence-electron chi connectivity index (χ1n) is 3.44. The predicted molar refractivity (Wildman–Crippen MR) is 57.3 cm³/mol. The van der Waals surface area contributed by atoms with E-state index in [0.717, 1.165) is 4.47 Å². The molecule has 0 fully saturated rings. The van der Waals surface area contributed by atoms with Crippen molar-refractivity contribution in [1.82, 2.24) is 9.97 Å². The molecule has 66 valence electrons. The molecule has 0 aromatic carbocycles. The summed E-state index contributed by atoms with van der Waals surface area (Å²) < 4.78 is 0.853. The van der Waals surface area contributed by atoms with Gasteiger partial charge >= 0.3 is 0 Å². The minimum Gasteiger partial charge on any atom is -0.252 e. The van der Waals surface area contributed by atoms with Gasteiger partial charge in [-0.3, -0.25) is 4.98 Å². The van der Waals surface area contributed by atoms with Crippen LogP contribution in [0.25, 0.3) is 11.0 Å². The van der Waals surface area contributed by atoms with Crippen LogP contribution in [0.1, 0.15) is 0 Å². The van der Waals surface area contributed by atoms with Crippen LogP contribution in [-0.4, -0.2) is 9.97 Å². The van der Waals surface area contributed by atoms with Gasteiger partial charge in [-0.25, -0.2) is 4.98 Å². The van der Waals surface area contributed by atoms with Gasteiger partial charge in [0.05, 0.1) is 10.5 Å². The number of rotatable bonds is 0. The molecule has 2 rings (SSSR count). The third-order valence-electron chi connectivity index (χ3n) is 1.53. The topological polar surface area (TPSA) is 25.8 Å². The van der Waals surface area contributed by atoms with Crippen molar-refractivity contribution in [1.29, 1.82) is 0 Å². The lowest BCUT2D eigenvalue weighted by Crippen LogP contribution is -1.84. The maximum Gasteiger partial charge on any atom is 0.131 e. The molecule has 13 heavy (non-hydrogen) atoms. The molecule has 2 aromatic rings. The molecule has 0 saturated heterocycles. The normalized spacial score (nSPS) is 10.7. The summed E-state index contributed by atoms with van der Waals surface area (Å²) in [5.74, 6) is 0. The van der Waals surface area contributed by atoms with Crippen LogP contribution < -0.4 is 0 Å². The van der Waals surface area contributed by atoms with E-state index in [4.69, 9.17) is 23.2 Å². The second kappa shape index (κ2) is 3.40. The Labute approximate surface area is 93.0 Å². The van der Waals surface area contributed by atoms with Crippen molar-refractivity contribution in [2.24, 2.45) is 0 Å². The van der Waals surface area contributed by atoms with Gasteiger partial charge in [-0.2, -0.15) is 0 Å². The van der Waals surface area contributed by atoms with E-state index in [2.05, 4.69) is 25.9 Å². The summed E-state index contributed by atoms with van der Waals surface area (Å²) in [7, 11) is 0. The number of hydrogen-bond donors (Lipinski definition) is 0. The van der Waals surface area contributed by atoms with E-state index >= 15 is 0 Å². The molecule has 0 spiro atoms. The molecule has 2 nitrogen and oxygen atoms in total. The van der Waals surface area contributed by atoms with Gasteiger partial charge in [-0.1, -0.05) is 23.2 Å². The quantitative estimate of drug-likeness (QED) is 0.686. The van der Waals surface area contributed by atoms with Crippen molar-refractivity contribution in [3.8, 4) is 0 Å². The van der Waals surface area contributed by atoms with Gasteiger partial charge in [0.2, 0.25) is 0 Å². The first kappa shape index (κ1) is 9.19. The monoisotopic (exact) mass is 276 g/mol. The fourth-order valence-electron chi connectivity index (χ4n) is 1.02. The maximum absolute atomic E-state index is 5.91. The first-order valence-corrected chi connectivity index (χ1v) is 4.99. The van der Waals surface area contributed by atoms with E-state index in [-0.39, 0.29) is 0 Å². The van der Waals surface area contributed by atoms with Crippen molar-refractivity contribution < 1.29 is 0 Å². The van der Waals surface area contributed by atoms with Crippen LogP contribution in [0.2, 0.25) is 10.2 Å². The Bertz CT molecular complexity index is 468. The highest BCUT2D eigenvalue weighted by atomic mass is 79.9. The van der Waals surface area contributed by atoms with E-state index in [1.807, 2.05) is 6.07 Å². The molecule has 0 atom stereocenters. The molecule has 0 N–H and O–H groups in total. The molecule has 0 amide bonds. The number of fused-ring (bicyclic) bond motifs is 1. The molecule has 0 aliphatic rings. The van der Waals surface area contributed by atoms with Crippen LogP contribution in [0.4, 0.5) is 0 Å². The Balaban J connectivity index is 2.86. The molecule has 0 saturated carbocycles. The van der Waals surface area contributed by atoms with Crippen LogP contribution in [0.3, 0.4) is 0 Å². The fourth-order valence-corrected chi connectivity index (χ4v) is 1.84. The van der Waals surface area contributed by atoms with Gasteiger partial charge in [-0.15, -0.1) is 0 Å². The highest BCUT2D eigenvalue weighted by Crippen LogP contribution is 2.24. The SMILES string of the molecule is Clc1cc(Cl)c2ncc(Br)cc2n1. The van der Waals surface area contributed by atoms with Crippen LogP contribution in [0.5, 0.6) is 0 Å². The molecular weight excluding hydrogens is 275 g/mol. The first-order chi connectivity index (χ1) is 6.16. The van der Waals surface area contributed by atoms with Crippen LogP contribution >= 0.6 is 39.1 Å². The summed E-state index contributed by atoms with van der Waals surface area (Å²) in [5, 5.41) is 0.889. The van der Waals surface area contributed by atoms with Gasteiger partial charge in [0.25, 0.3) is 0 Å². The van der Waals surface area contributed by atoms with E-state index in [0.29, 0.717) is 21.2 Å². The largest absolute Gasteiger partial charge is 0.252 e. The Hall–Kier alpha value is -0.380. The van der Waals surface area contributed by atoms with Crippen LogP contribution in [0, 0.1) is 0 Å². The van der Waals surface area contributed by atoms with Gasteiger partial charge in [0.15, 0.2) is 0 Å². The lowest BCUT2D eigenvalue weighted by Gasteiger charge is -1.99. The summed E-state index contributed by atoms with van der Waals surface area (Å²) in [4.78, 5) is 8.21. The van der Waals surface area contributed by atoms with Crippen molar-refractivity contribution in [3.05, 3.63) is 33.0 Å². The lowest BCUT2D eigenvalue weighted by atomic mass is 10.3. The highest BCUT2D eigenvalue weighted by molar-refractivity contribution is 9.10. The average molecular weight is 278 g/mol. The van der Waals surface area contributed by atoms with Gasteiger partial charge in [-0.05, 0) is 28.1 Å². The Morgan fingerprint density at radius 2 is 2.00 bits per heavy atom. The molecule has 0 radical (unpaired) electrons. The number of pyridine rings is 2. The third kappa shape index (κ3) is 1.77. The van der Waals surface area contributed by atoms with Crippen molar-refractivity contribution in [2.75, 3.05) is 0 Å². The van der Waals surface area contributed by atoms with Crippen molar-refractivity contribution in [2.45, 2.75) is 0 Å². The number of hydrogen-bond acceptors (Lipinski definition) is 2. The zero-order chi connectivity index (χ0) is 9.42. The Morgan fingerprint density at radius 3 is 2.77 bits per heavy atom. The number of nitrogens with zero attached hydrogens (tertiary/aromatic N) is 2. The standard InChI is InChI=1S/C8H3BrCl2N2/c9-4-1-6-8(12-3-4)5(10)2-7(11)13-6/h1-3H. The fraction of sp³-hybridized carbons (Fsp3) is 0. The summed E-state index contributed by atoms with van der Waals surface area (Å²) in [6.07, 6.45) is 1.67. The van der Waals surface area contributed by atoms with Gasteiger partial charge in [0.1, 0.15) is 10.7 Å². The number of halogens is 3. The third-order valence-corrected chi connectivity index (χ3v) is 2.45. The molecule has 2 heterocycles. The minimum absolute atomic E-state index is 0.373. The van der Waals surface area contributed by atoms with Crippen molar-refractivity contribution >= 4 is 50.2 Å². The van der Waals surface area contributed by atoms with E-state index in [9.17, 15) is 0 Å². The second-order valence-electron chi connectivity index (χ2n) is 2.45. The summed E-state index contributed by atoms with van der Waals surface area (Å²) >= 11 is 14.9. The minimum atomic E-state index is 0.373. The Morgan fingerprint density at radius 1 is 1.23 bits per heavy atom. The molecule has 0 aliphatic heterocycles. The summed E-state index contributed by atoms with van der Waals surface area (Å²) in [5.41, 5.74) is 1.35. The van der Waals surface area contributed by atoms with Gasteiger partial charge in [0, 0.05) is 10.7 Å². The predicted octanol–water partition coefficient (Wildman–Crippen LogP) is 3.70. The number of aromatic nitrogens is 2. The van der Waals surface area contributed by atoms with E-state index < -0.39 is 0 Å². The molecule has 5 heteroatoms. The molecule has 0 unspecified atom stereocenters. The summed E-state index contributed by atoms with van der Waals surface area (Å²) in [6.45, 7) is 0. The van der Waals surface area contributed by atoms with E-state index in [1.165, 1.54) is 0 Å². The maximum atomic E-state index is 5.91. The van der Waals surface area contributed by atoms with Crippen LogP contribution in [-0.2, 0) is 0 Å². The molecule has 2 aromatic heterocycles. The lowest BCUT2D eigenvalue weighted by molar-refractivity contribution is 1.32. The second-order valence-corrected chi connectivity index (χ2v) is 4.16. The van der Waals surface area contributed by atoms with Crippen LogP contribution in [0.15, 0.2) is 22.8 Å². The smallest absolute Gasteiger partial charge is 0.131 e. The average Bonchev–Trinajstić information content (AvgIpc) is 2.02. The highest BCUT2D eigenvalue weighted by Gasteiger charge is 2.04. The van der Waals surface area contributed by atoms with E-state index in [1.54, 1.807) is 12.3 Å². The van der Waals surface area contributed by atoms with Crippen molar-refractivity contribution in [3.63, 3.8) is 0 Å². The molecule has 0 aliphatic carbocycles. The van der Waals surface area contributed by atoms with Gasteiger partial charge < -0.3 is 0 Å².